The van der Waals surface area contributed by atoms with Crippen LogP contribution in [-0.4, -0.2) is 51.7 Å². The summed E-state index contributed by atoms with van der Waals surface area (Å²) in [5, 5.41) is 0. The predicted molar refractivity (Wildman–Crippen MR) is 111 cm³/mol. The average molecular weight is 460 g/mol. The van der Waals surface area contributed by atoms with Crippen LogP contribution in [0.1, 0.15) is 18.4 Å². The molecule has 10 heteroatoms. The van der Waals surface area contributed by atoms with E-state index in [0.717, 1.165) is 5.56 Å². The molecule has 0 aromatic heterocycles. The first kappa shape index (κ1) is 26.3. The number of aryl methyl sites for hydroxylation is 1. The lowest BCUT2D eigenvalue weighted by atomic mass is 9.95. The van der Waals surface area contributed by atoms with Crippen LogP contribution >= 0.6 is 0 Å². The van der Waals surface area contributed by atoms with Crippen molar-refractivity contribution in [1.29, 1.82) is 0 Å². The van der Waals surface area contributed by atoms with Crippen molar-refractivity contribution in [3.63, 3.8) is 0 Å². The number of carbonyl (C=O) groups is 3. The van der Waals surface area contributed by atoms with Crippen molar-refractivity contribution in [1.82, 2.24) is 0 Å². The fourth-order valence-electron chi connectivity index (χ4n) is 2.31. The maximum atomic E-state index is 12.9. The van der Waals surface area contributed by atoms with Crippen LogP contribution in [-0.2, 0) is 42.9 Å². The molecule has 0 unspecified atom stereocenters. The van der Waals surface area contributed by atoms with Gasteiger partial charge in [-0.1, -0.05) is 35.5 Å². The number of hydrogen-bond donors (Lipinski definition) is 0. The zero-order valence-electron chi connectivity index (χ0n) is 17.2. The van der Waals surface area contributed by atoms with Crippen LogP contribution in [0.25, 0.3) is 0 Å². The van der Waals surface area contributed by atoms with Gasteiger partial charge in [-0.3, -0.25) is 9.59 Å². The Morgan fingerprint density at radius 2 is 1.28 bits per heavy atom. The molecule has 9 nitrogen and oxygen atoms in total. The van der Waals surface area contributed by atoms with Crippen molar-refractivity contribution in [3.8, 4) is 37.0 Å². The third-order valence-corrected chi connectivity index (χ3v) is 5.12. The lowest BCUT2D eigenvalue weighted by Crippen LogP contribution is -2.48. The molecule has 0 radical (unpaired) electrons. The van der Waals surface area contributed by atoms with E-state index in [-0.39, 0.29) is 4.90 Å². The molecule has 0 fully saturated rings. The van der Waals surface area contributed by atoms with Gasteiger partial charge in [0.25, 0.3) is 10.1 Å². The number of esters is 3. The first-order valence-electron chi connectivity index (χ1n) is 8.91. The number of benzene rings is 1. The van der Waals surface area contributed by atoms with E-state index in [1.54, 1.807) is 6.92 Å². The summed E-state index contributed by atoms with van der Waals surface area (Å²) in [7, 11) is -4.69. The highest BCUT2D eigenvalue weighted by molar-refractivity contribution is 7.86. The summed E-state index contributed by atoms with van der Waals surface area (Å²) < 4.78 is 45.2. The molecule has 0 amide bonds. The Balaban J connectivity index is 3.47. The van der Waals surface area contributed by atoms with Gasteiger partial charge in [0.1, 0.15) is 0 Å². The molecule has 0 aliphatic carbocycles. The lowest BCUT2D eigenvalue weighted by molar-refractivity contribution is -0.172. The van der Waals surface area contributed by atoms with Crippen molar-refractivity contribution in [2.24, 2.45) is 0 Å². The van der Waals surface area contributed by atoms with Crippen LogP contribution in [0.4, 0.5) is 0 Å². The van der Waals surface area contributed by atoms with Gasteiger partial charge in [0.2, 0.25) is 5.60 Å². The molecule has 0 N–H and O–H groups in total. The third-order valence-electron chi connectivity index (χ3n) is 3.73. The van der Waals surface area contributed by atoms with Crippen molar-refractivity contribution in [3.05, 3.63) is 29.8 Å². The predicted octanol–water partition coefficient (Wildman–Crippen LogP) is 0.749. The van der Waals surface area contributed by atoms with Crippen molar-refractivity contribution in [2.45, 2.75) is 30.3 Å². The fourth-order valence-corrected chi connectivity index (χ4v) is 3.49. The quantitative estimate of drug-likeness (QED) is 0.204. The summed E-state index contributed by atoms with van der Waals surface area (Å²) in [5.41, 5.74) is -1.95. The molecular formula is C22H20O9S. The molecule has 32 heavy (non-hydrogen) atoms. The zero-order valence-corrected chi connectivity index (χ0v) is 18.0. The van der Waals surface area contributed by atoms with Crippen LogP contribution in [0.5, 0.6) is 0 Å². The highest BCUT2D eigenvalue weighted by Gasteiger charge is 2.50. The third kappa shape index (κ3) is 7.81. The second-order valence-corrected chi connectivity index (χ2v) is 7.75. The van der Waals surface area contributed by atoms with E-state index in [1.165, 1.54) is 24.3 Å². The van der Waals surface area contributed by atoms with E-state index in [1.807, 2.05) is 17.8 Å². The van der Waals surface area contributed by atoms with Crippen LogP contribution in [0.3, 0.4) is 0 Å². The molecule has 0 saturated carbocycles. The van der Waals surface area contributed by atoms with Gasteiger partial charge in [0.15, 0.2) is 19.8 Å². The van der Waals surface area contributed by atoms with E-state index < -0.39 is 66.3 Å². The van der Waals surface area contributed by atoms with E-state index in [4.69, 9.17) is 37.7 Å². The van der Waals surface area contributed by atoms with E-state index in [0.29, 0.717) is 0 Å². The molecule has 0 saturated heterocycles. The number of terminal acetylenes is 3. The Hall–Kier alpha value is -3.78. The van der Waals surface area contributed by atoms with Gasteiger partial charge in [-0.25, -0.2) is 8.98 Å². The number of carbonyl (C=O) groups excluding carboxylic acids is 3. The summed E-state index contributed by atoms with van der Waals surface area (Å²) in [6, 6.07) is 5.40. The molecule has 0 aliphatic heterocycles. The molecular weight excluding hydrogens is 440 g/mol. The minimum Gasteiger partial charge on any atom is -0.452 e. The van der Waals surface area contributed by atoms with E-state index >= 15 is 0 Å². The molecule has 1 aromatic rings. The van der Waals surface area contributed by atoms with Gasteiger partial charge < -0.3 is 14.2 Å². The second-order valence-electron chi connectivity index (χ2n) is 6.21. The SMILES string of the molecule is C#CCOC(=O)CC(CC(=O)OCC#C)(OS(=O)(=O)c1ccc(C)cc1)C(=O)OCC#C. The Morgan fingerprint density at radius 1 is 0.844 bits per heavy atom. The minimum atomic E-state index is -4.69. The standard InChI is InChI=1S/C22H20O9S/c1-5-12-28-19(23)15-22(21(25)30-14-7-3,16-20(24)29-13-6-2)31-32(26,27)18-10-8-17(4)9-11-18/h1-3,8-11H,12-16H2,4H3. The van der Waals surface area contributed by atoms with E-state index in [2.05, 4.69) is 0 Å². The first-order valence-corrected chi connectivity index (χ1v) is 10.3. The average Bonchev–Trinajstić information content (AvgIpc) is 2.74. The topological polar surface area (TPSA) is 122 Å². The highest BCUT2D eigenvalue weighted by atomic mass is 32.2. The van der Waals surface area contributed by atoms with Gasteiger partial charge in [-0.2, -0.15) is 8.42 Å². The van der Waals surface area contributed by atoms with Gasteiger partial charge in [-0.05, 0) is 19.1 Å². The maximum Gasteiger partial charge on any atom is 0.342 e. The number of ether oxygens (including phenoxy) is 3. The zero-order chi connectivity index (χ0) is 24.2. The minimum absolute atomic E-state index is 0.341. The fraction of sp³-hybridized carbons (Fsp3) is 0.318. The van der Waals surface area contributed by atoms with Crippen LogP contribution in [0.15, 0.2) is 29.2 Å². The molecule has 0 heterocycles. The first-order chi connectivity index (χ1) is 15.1. The van der Waals surface area contributed by atoms with Crippen LogP contribution < -0.4 is 0 Å². The molecule has 0 spiro atoms. The smallest absolute Gasteiger partial charge is 0.342 e. The monoisotopic (exact) mass is 460 g/mol. The summed E-state index contributed by atoms with van der Waals surface area (Å²) in [4.78, 5) is 36.9. The molecule has 168 valence electrons. The summed E-state index contributed by atoms with van der Waals surface area (Å²) in [5.74, 6) is 2.42. The summed E-state index contributed by atoms with van der Waals surface area (Å²) in [6.45, 7) is 0.191. The number of hydrogen-bond acceptors (Lipinski definition) is 9. The van der Waals surface area contributed by atoms with Crippen molar-refractivity contribution in [2.75, 3.05) is 19.8 Å². The second kappa shape index (κ2) is 12.2. The van der Waals surface area contributed by atoms with Gasteiger partial charge in [0, 0.05) is 0 Å². The van der Waals surface area contributed by atoms with Crippen LogP contribution in [0.2, 0.25) is 0 Å². The maximum absolute atomic E-state index is 12.9. The number of rotatable bonds is 11. The van der Waals surface area contributed by atoms with Gasteiger partial charge in [-0.15, -0.1) is 19.3 Å². The largest absolute Gasteiger partial charge is 0.452 e. The molecule has 0 aliphatic rings. The Morgan fingerprint density at radius 3 is 1.72 bits per heavy atom. The normalized spacial score (nSPS) is 10.7. The highest BCUT2D eigenvalue weighted by Crippen LogP contribution is 2.30. The van der Waals surface area contributed by atoms with Crippen molar-refractivity contribution >= 4 is 28.0 Å². The molecule has 0 bridgehead atoms. The van der Waals surface area contributed by atoms with E-state index in [9.17, 15) is 22.8 Å². The lowest BCUT2D eigenvalue weighted by Gasteiger charge is -2.28. The molecule has 1 rings (SSSR count). The Labute approximate surface area is 186 Å². The van der Waals surface area contributed by atoms with Gasteiger partial charge in [0.05, 0.1) is 17.7 Å². The Kier molecular flexibility index (Phi) is 9.98. The molecule has 0 atom stereocenters. The van der Waals surface area contributed by atoms with Crippen LogP contribution in [0, 0.1) is 44.0 Å². The Bertz CT molecular complexity index is 1030. The summed E-state index contributed by atoms with van der Waals surface area (Å²) in [6.07, 6.45) is 13.0. The summed E-state index contributed by atoms with van der Waals surface area (Å²) >= 11 is 0. The van der Waals surface area contributed by atoms with Crippen molar-refractivity contribution < 1.29 is 41.2 Å². The van der Waals surface area contributed by atoms with Gasteiger partial charge >= 0.3 is 17.9 Å². The molecule has 1 aromatic carbocycles.